The molecule has 2 N–H and O–H groups in total. The summed E-state index contributed by atoms with van der Waals surface area (Å²) in [7, 11) is 0. The van der Waals surface area contributed by atoms with Crippen molar-refractivity contribution in [2.75, 3.05) is 11.9 Å². The smallest absolute Gasteiger partial charge is 0.418 e. The number of ether oxygens (including phenoxy) is 1. The molecular formula is C27H26F4N4O3. The van der Waals surface area contributed by atoms with E-state index in [1.807, 2.05) is 0 Å². The molecule has 200 valence electrons. The summed E-state index contributed by atoms with van der Waals surface area (Å²) in [6.45, 7) is 1.11. The van der Waals surface area contributed by atoms with Gasteiger partial charge >= 0.3 is 6.18 Å². The van der Waals surface area contributed by atoms with Gasteiger partial charge in [0.05, 0.1) is 22.2 Å². The Morgan fingerprint density at radius 3 is 2.37 bits per heavy atom. The lowest BCUT2D eigenvalue weighted by Crippen LogP contribution is -2.33. The Labute approximate surface area is 216 Å². The van der Waals surface area contributed by atoms with Gasteiger partial charge < -0.3 is 15.4 Å². The van der Waals surface area contributed by atoms with Crippen molar-refractivity contribution in [2.45, 2.75) is 45.1 Å². The molecule has 1 saturated carbocycles. The number of Topliss-reactive ketones (excluding diaryl/α,β-unsaturated/α-hetero) is 1. The Kier molecular flexibility index (Phi) is 7.94. The number of aromatic nitrogens is 2. The van der Waals surface area contributed by atoms with Crippen LogP contribution in [0.5, 0.6) is 5.75 Å². The molecule has 11 heteroatoms. The molecule has 0 bridgehead atoms. The first-order valence-corrected chi connectivity index (χ1v) is 12.0. The molecule has 1 unspecified atom stereocenters. The molecule has 7 nitrogen and oxygen atoms in total. The number of carbonyl (C=O) groups excluding carboxylic acids is 2. The van der Waals surface area contributed by atoms with Crippen LogP contribution in [0.2, 0.25) is 0 Å². The van der Waals surface area contributed by atoms with Crippen LogP contribution in [0.4, 0.5) is 28.9 Å². The Balaban J connectivity index is 1.35. The fourth-order valence-corrected chi connectivity index (χ4v) is 3.89. The second-order valence-electron chi connectivity index (χ2n) is 9.31. The van der Waals surface area contributed by atoms with Crippen molar-refractivity contribution in [3.63, 3.8) is 0 Å². The molecule has 0 radical (unpaired) electrons. The van der Waals surface area contributed by atoms with Crippen molar-refractivity contribution in [1.82, 2.24) is 15.3 Å². The summed E-state index contributed by atoms with van der Waals surface area (Å²) >= 11 is 0. The molecule has 1 aliphatic rings. The third kappa shape index (κ3) is 6.84. The van der Waals surface area contributed by atoms with Crippen LogP contribution in [-0.4, -0.2) is 34.4 Å². The second kappa shape index (κ2) is 11.2. The lowest BCUT2D eigenvalue weighted by Gasteiger charge is -2.17. The van der Waals surface area contributed by atoms with E-state index in [1.165, 1.54) is 37.8 Å². The first-order chi connectivity index (χ1) is 18.1. The third-order valence-electron chi connectivity index (χ3n) is 6.18. The van der Waals surface area contributed by atoms with Crippen LogP contribution >= 0.6 is 0 Å². The topological polar surface area (TPSA) is 93.2 Å². The highest BCUT2D eigenvalue weighted by Crippen LogP contribution is 2.49. The molecule has 1 aliphatic carbocycles. The molecule has 1 aromatic heterocycles. The van der Waals surface area contributed by atoms with Crippen molar-refractivity contribution in [3.8, 4) is 5.75 Å². The van der Waals surface area contributed by atoms with Crippen LogP contribution in [0.3, 0.4) is 0 Å². The molecule has 3 aromatic rings. The Hall–Kier alpha value is -4.02. The molecule has 1 atom stereocenters. The number of nitrogens with one attached hydrogen (secondary N) is 2. The maximum Gasteiger partial charge on any atom is 0.418 e. The Bertz CT molecular complexity index is 1280. The molecule has 38 heavy (non-hydrogen) atoms. The first-order valence-electron chi connectivity index (χ1n) is 12.0. The van der Waals surface area contributed by atoms with Gasteiger partial charge in [0.25, 0.3) is 0 Å². The summed E-state index contributed by atoms with van der Waals surface area (Å²) in [5.74, 6) is -0.488. The highest BCUT2D eigenvalue weighted by molar-refractivity contribution is 6.00. The van der Waals surface area contributed by atoms with Crippen LogP contribution < -0.4 is 15.4 Å². The average Bonchev–Trinajstić information content (AvgIpc) is 3.68. The summed E-state index contributed by atoms with van der Waals surface area (Å²) in [6, 6.07) is 9.97. The van der Waals surface area contributed by atoms with Gasteiger partial charge in [-0.2, -0.15) is 13.2 Å². The van der Waals surface area contributed by atoms with Crippen LogP contribution in [0.1, 0.15) is 47.7 Å². The molecule has 4 rings (SSSR count). The summed E-state index contributed by atoms with van der Waals surface area (Å²) in [5.41, 5.74) is -0.346. The predicted molar refractivity (Wildman–Crippen MR) is 132 cm³/mol. The zero-order valence-electron chi connectivity index (χ0n) is 20.5. The summed E-state index contributed by atoms with van der Waals surface area (Å²) in [6.07, 6.45) is -0.494. The highest BCUT2D eigenvalue weighted by atomic mass is 19.4. The van der Waals surface area contributed by atoms with E-state index in [4.69, 9.17) is 4.74 Å². The van der Waals surface area contributed by atoms with E-state index in [2.05, 4.69) is 20.6 Å². The number of rotatable bonds is 11. The molecule has 2 aromatic carbocycles. The third-order valence-corrected chi connectivity index (χ3v) is 6.18. The molecular weight excluding hydrogens is 504 g/mol. The van der Waals surface area contributed by atoms with Crippen LogP contribution in [0, 0.1) is 5.41 Å². The number of alkyl halides is 4. The highest BCUT2D eigenvalue weighted by Gasteiger charge is 2.51. The summed E-state index contributed by atoms with van der Waals surface area (Å²) < 4.78 is 58.9. The van der Waals surface area contributed by atoms with Crippen molar-refractivity contribution < 1.29 is 31.9 Å². The van der Waals surface area contributed by atoms with E-state index in [1.54, 1.807) is 24.3 Å². The minimum absolute atomic E-state index is 0.0766. The molecule has 1 amide bonds. The van der Waals surface area contributed by atoms with Gasteiger partial charge in [0, 0.05) is 31.0 Å². The number of hydrogen-bond acceptors (Lipinski definition) is 6. The maximum absolute atomic E-state index is 13.6. The second-order valence-corrected chi connectivity index (χ2v) is 9.31. The van der Waals surface area contributed by atoms with Gasteiger partial charge in [-0.1, -0.05) is 12.1 Å². The van der Waals surface area contributed by atoms with Gasteiger partial charge in [-0.15, -0.1) is 0 Å². The zero-order chi connectivity index (χ0) is 27.3. The van der Waals surface area contributed by atoms with Gasteiger partial charge in [-0.05, 0) is 55.7 Å². The van der Waals surface area contributed by atoms with E-state index in [-0.39, 0.29) is 42.7 Å². The number of anilines is 2. The summed E-state index contributed by atoms with van der Waals surface area (Å²) in [5, 5.41) is 5.60. The van der Waals surface area contributed by atoms with Crippen LogP contribution in [-0.2, 0) is 17.5 Å². The maximum atomic E-state index is 13.6. The van der Waals surface area contributed by atoms with E-state index in [9.17, 15) is 27.2 Å². The monoisotopic (exact) mass is 530 g/mol. The molecule has 1 fully saturated rings. The van der Waals surface area contributed by atoms with Crippen LogP contribution in [0.25, 0.3) is 0 Å². The van der Waals surface area contributed by atoms with E-state index in [0.717, 1.165) is 11.6 Å². The Morgan fingerprint density at radius 2 is 1.76 bits per heavy atom. The normalized spacial score (nSPS) is 14.9. The SMILES string of the molecule is CC(F)COc1ccc(Nc2ccc(CNC(=O)C3(CC(=O)c4cncnc4)CC3)cc2)c(C(F)(F)F)c1. The molecule has 0 aliphatic heterocycles. The quantitative estimate of drug-likeness (QED) is 0.246. The van der Waals surface area contributed by atoms with Gasteiger partial charge in [0.1, 0.15) is 24.9 Å². The lowest BCUT2D eigenvalue weighted by molar-refractivity contribution is -0.137. The minimum atomic E-state index is -4.65. The Morgan fingerprint density at radius 1 is 1.08 bits per heavy atom. The number of hydrogen-bond donors (Lipinski definition) is 2. The van der Waals surface area contributed by atoms with E-state index < -0.39 is 23.3 Å². The largest absolute Gasteiger partial charge is 0.491 e. The van der Waals surface area contributed by atoms with Crippen molar-refractivity contribution in [1.29, 1.82) is 0 Å². The van der Waals surface area contributed by atoms with E-state index in [0.29, 0.717) is 24.1 Å². The van der Waals surface area contributed by atoms with Gasteiger partial charge in [0.2, 0.25) is 5.91 Å². The molecule has 1 heterocycles. The minimum Gasteiger partial charge on any atom is -0.491 e. The van der Waals surface area contributed by atoms with Gasteiger partial charge in [-0.3, -0.25) is 9.59 Å². The van der Waals surface area contributed by atoms with Gasteiger partial charge in [0.15, 0.2) is 5.78 Å². The lowest BCUT2D eigenvalue weighted by atomic mass is 9.95. The van der Waals surface area contributed by atoms with Crippen molar-refractivity contribution >= 4 is 23.1 Å². The average molecular weight is 531 g/mol. The predicted octanol–water partition coefficient (Wildman–Crippen LogP) is 5.65. The molecule has 0 spiro atoms. The van der Waals surface area contributed by atoms with Gasteiger partial charge in [-0.25, -0.2) is 14.4 Å². The number of halogens is 4. The zero-order valence-corrected chi connectivity index (χ0v) is 20.5. The number of benzene rings is 2. The fraction of sp³-hybridized carbons (Fsp3) is 0.333. The first kappa shape index (κ1) is 27.0. The number of amides is 1. The van der Waals surface area contributed by atoms with Crippen molar-refractivity contribution in [3.05, 3.63) is 77.9 Å². The number of nitrogens with zero attached hydrogens (tertiary/aromatic N) is 2. The fourth-order valence-electron chi connectivity index (χ4n) is 3.89. The molecule has 0 saturated heterocycles. The van der Waals surface area contributed by atoms with E-state index >= 15 is 0 Å². The number of ketones is 1. The van der Waals surface area contributed by atoms with Crippen LogP contribution in [0.15, 0.2) is 61.2 Å². The van der Waals surface area contributed by atoms with Crippen molar-refractivity contribution in [2.24, 2.45) is 5.41 Å². The number of carbonyl (C=O) groups is 2. The standard InChI is InChI=1S/C27H26F4N4O3/c1-17(28)15-38-21-6-7-23(22(10-21)27(29,30)31)35-20-4-2-18(3-5-20)12-34-25(37)26(8-9-26)11-24(36)19-13-32-16-33-14-19/h2-7,10,13-14,16-17,35H,8-9,11-12,15H2,1H3,(H,34,37). The summed E-state index contributed by atoms with van der Waals surface area (Å²) in [4.78, 5) is 32.9.